The summed E-state index contributed by atoms with van der Waals surface area (Å²) in [4.78, 5) is 3.79. The monoisotopic (exact) mass is 303 g/mol. The van der Waals surface area contributed by atoms with E-state index in [1.807, 2.05) is 0 Å². The average molecular weight is 303 g/mol. The number of aromatic amines is 1. The van der Waals surface area contributed by atoms with E-state index in [9.17, 15) is 0 Å². The number of quaternary nitrogens is 1. The summed E-state index contributed by atoms with van der Waals surface area (Å²) in [6.07, 6.45) is 2.37. The van der Waals surface area contributed by atoms with Crippen molar-refractivity contribution in [1.82, 2.24) is 4.98 Å². The van der Waals surface area contributed by atoms with Crippen LogP contribution in [0, 0.1) is 0 Å². The van der Waals surface area contributed by atoms with E-state index < -0.39 is 0 Å². The Morgan fingerprint density at radius 2 is 1.83 bits per heavy atom. The summed E-state index contributed by atoms with van der Waals surface area (Å²) >= 11 is 0. The molecule has 0 amide bonds. The van der Waals surface area contributed by atoms with Crippen LogP contribution in [0.1, 0.15) is 35.3 Å². The van der Waals surface area contributed by atoms with Gasteiger partial charge in [0.25, 0.3) is 0 Å². The fourth-order valence-electron chi connectivity index (χ4n) is 4.94. The summed E-state index contributed by atoms with van der Waals surface area (Å²) in [5.41, 5.74) is 7.36. The molecule has 2 unspecified atom stereocenters. The highest BCUT2D eigenvalue weighted by molar-refractivity contribution is 5.85. The van der Waals surface area contributed by atoms with Crippen molar-refractivity contribution in [1.29, 1.82) is 0 Å². The van der Waals surface area contributed by atoms with Gasteiger partial charge in [-0.25, -0.2) is 0 Å². The van der Waals surface area contributed by atoms with Crippen molar-refractivity contribution in [3.63, 3.8) is 0 Å². The van der Waals surface area contributed by atoms with Crippen LogP contribution in [0.2, 0.25) is 0 Å². The molecule has 0 bridgehead atoms. The van der Waals surface area contributed by atoms with Gasteiger partial charge in [0.2, 0.25) is 0 Å². The van der Waals surface area contributed by atoms with E-state index in [4.69, 9.17) is 0 Å². The van der Waals surface area contributed by atoms with Gasteiger partial charge in [-0.15, -0.1) is 0 Å². The summed E-state index contributed by atoms with van der Waals surface area (Å²) in [6.45, 7) is 3.67. The normalized spacial score (nSPS) is 29.0. The zero-order valence-corrected chi connectivity index (χ0v) is 13.8. The van der Waals surface area contributed by atoms with Crippen molar-refractivity contribution in [2.75, 3.05) is 13.6 Å². The molecule has 3 heterocycles. The fraction of sp³-hybridized carbons (Fsp3) is 0.333. The Hall–Kier alpha value is -2.06. The van der Waals surface area contributed by atoms with E-state index in [0.29, 0.717) is 12.1 Å². The Morgan fingerprint density at radius 3 is 2.74 bits per heavy atom. The third-order valence-corrected chi connectivity index (χ3v) is 6.43. The van der Waals surface area contributed by atoms with Gasteiger partial charge in [-0.2, -0.15) is 0 Å². The number of nitrogens with one attached hydrogen (secondary N) is 1. The van der Waals surface area contributed by atoms with E-state index in [1.165, 1.54) is 47.1 Å². The van der Waals surface area contributed by atoms with Gasteiger partial charge in [-0.05, 0) is 24.1 Å². The van der Waals surface area contributed by atoms with Gasteiger partial charge in [0.05, 0.1) is 25.3 Å². The number of hydrogen-bond acceptors (Lipinski definition) is 0. The highest BCUT2D eigenvalue weighted by atomic mass is 15.4. The lowest BCUT2D eigenvalue weighted by Crippen LogP contribution is -2.59. The summed E-state index contributed by atoms with van der Waals surface area (Å²) in [5, 5.41) is 1.42. The van der Waals surface area contributed by atoms with Crippen LogP contribution in [0.15, 0.2) is 48.5 Å². The van der Waals surface area contributed by atoms with Gasteiger partial charge in [0.15, 0.2) is 6.04 Å². The number of likely N-dealkylation sites (N-methyl/N-ethyl adjacent to an activating group) is 1. The van der Waals surface area contributed by atoms with E-state index in [0.717, 1.165) is 4.48 Å². The Balaban J connectivity index is 1.83. The molecule has 3 aromatic rings. The maximum Gasteiger partial charge on any atom is 0.156 e. The summed E-state index contributed by atoms with van der Waals surface area (Å²) in [6, 6.07) is 19.0. The van der Waals surface area contributed by atoms with E-state index in [-0.39, 0.29) is 0 Å². The topological polar surface area (TPSA) is 15.8 Å². The van der Waals surface area contributed by atoms with Crippen LogP contribution < -0.4 is 0 Å². The predicted molar refractivity (Wildman–Crippen MR) is 94.5 cm³/mol. The molecule has 5 rings (SSSR count). The molecule has 2 aliphatic heterocycles. The van der Waals surface area contributed by atoms with Crippen LogP contribution in [0.5, 0.6) is 0 Å². The number of benzene rings is 2. The van der Waals surface area contributed by atoms with Crippen LogP contribution in [-0.2, 0) is 12.8 Å². The molecule has 0 fully saturated rings. The quantitative estimate of drug-likeness (QED) is 0.599. The molecular weight excluding hydrogens is 280 g/mol. The summed E-state index contributed by atoms with van der Waals surface area (Å²) < 4.78 is 1.14. The molecule has 3 atom stereocenters. The molecule has 1 aromatic heterocycles. The molecule has 2 heteroatoms. The van der Waals surface area contributed by atoms with E-state index in [1.54, 1.807) is 5.56 Å². The third-order valence-electron chi connectivity index (χ3n) is 6.43. The van der Waals surface area contributed by atoms with Gasteiger partial charge in [-0.3, -0.25) is 0 Å². The minimum absolute atomic E-state index is 0.450. The number of nitrogens with zero attached hydrogens (tertiary/aromatic N) is 1. The van der Waals surface area contributed by atoms with Crippen molar-refractivity contribution in [3.05, 3.63) is 70.9 Å². The first-order valence-electron chi connectivity index (χ1n) is 8.70. The number of fused-ring (bicyclic) bond motifs is 7. The summed E-state index contributed by atoms with van der Waals surface area (Å²) in [7, 11) is 2.46. The van der Waals surface area contributed by atoms with Gasteiger partial charge in [-0.1, -0.05) is 42.5 Å². The third kappa shape index (κ3) is 1.67. The smallest absolute Gasteiger partial charge is 0.156 e. The van der Waals surface area contributed by atoms with E-state index in [2.05, 4.69) is 67.5 Å². The predicted octanol–water partition coefficient (Wildman–Crippen LogP) is 4.20. The van der Waals surface area contributed by atoms with Crippen LogP contribution in [0.3, 0.4) is 0 Å². The SMILES string of the molecule is C[C@H]1Cc2c([nH]c3ccccc23)C2c3ccccc3CC[N+]21C. The first-order valence-corrected chi connectivity index (χ1v) is 8.70. The average Bonchev–Trinajstić information content (AvgIpc) is 2.93. The number of hydrogen-bond donors (Lipinski definition) is 1. The van der Waals surface area contributed by atoms with Crippen molar-refractivity contribution in [2.45, 2.75) is 31.8 Å². The fourth-order valence-corrected chi connectivity index (χ4v) is 4.94. The lowest BCUT2D eigenvalue weighted by atomic mass is 9.81. The molecule has 1 N–H and O–H groups in total. The van der Waals surface area contributed by atoms with Crippen LogP contribution in [0.25, 0.3) is 10.9 Å². The maximum atomic E-state index is 3.79. The minimum atomic E-state index is 0.450. The molecule has 0 spiro atoms. The Bertz CT molecular complexity index is 907. The zero-order chi connectivity index (χ0) is 15.6. The molecule has 2 aliphatic rings. The molecule has 116 valence electrons. The molecule has 2 nitrogen and oxygen atoms in total. The second-order valence-corrected chi connectivity index (χ2v) is 7.54. The largest absolute Gasteiger partial charge is 0.353 e. The van der Waals surface area contributed by atoms with Crippen LogP contribution in [0.4, 0.5) is 0 Å². The highest BCUT2D eigenvalue weighted by Crippen LogP contribution is 2.47. The lowest BCUT2D eigenvalue weighted by molar-refractivity contribution is -0.959. The highest BCUT2D eigenvalue weighted by Gasteiger charge is 2.48. The van der Waals surface area contributed by atoms with Gasteiger partial charge >= 0.3 is 0 Å². The Kier molecular flexibility index (Phi) is 2.61. The van der Waals surface area contributed by atoms with Crippen molar-refractivity contribution < 1.29 is 4.48 Å². The lowest BCUT2D eigenvalue weighted by Gasteiger charge is -2.52. The summed E-state index contributed by atoms with van der Waals surface area (Å²) in [5.74, 6) is 0. The number of aromatic nitrogens is 1. The van der Waals surface area contributed by atoms with Gasteiger partial charge in [0.1, 0.15) is 0 Å². The van der Waals surface area contributed by atoms with Gasteiger partial charge in [0, 0.05) is 29.3 Å². The van der Waals surface area contributed by atoms with Crippen molar-refractivity contribution in [2.24, 2.45) is 0 Å². The number of H-pyrrole nitrogens is 1. The molecule has 0 radical (unpaired) electrons. The number of rotatable bonds is 0. The Labute approximate surface area is 137 Å². The molecule has 23 heavy (non-hydrogen) atoms. The maximum absolute atomic E-state index is 3.79. The van der Waals surface area contributed by atoms with Gasteiger partial charge < -0.3 is 9.47 Å². The van der Waals surface area contributed by atoms with Crippen molar-refractivity contribution >= 4 is 10.9 Å². The molecular formula is C21H23N2+. The van der Waals surface area contributed by atoms with Crippen molar-refractivity contribution in [3.8, 4) is 0 Å². The number of para-hydroxylation sites is 1. The first-order chi connectivity index (χ1) is 11.2. The first kappa shape index (κ1) is 13.4. The second-order valence-electron chi connectivity index (χ2n) is 7.54. The molecule has 0 saturated carbocycles. The van der Waals surface area contributed by atoms with Crippen LogP contribution in [-0.4, -0.2) is 29.1 Å². The Morgan fingerprint density at radius 1 is 1.04 bits per heavy atom. The second kappa shape index (κ2) is 4.48. The molecule has 2 aromatic carbocycles. The minimum Gasteiger partial charge on any atom is -0.353 e. The van der Waals surface area contributed by atoms with Crippen LogP contribution >= 0.6 is 0 Å². The van der Waals surface area contributed by atoms with E-state index >= 15 is 0 Å². The standard InChI is InChI=1S/C21H23N2/c1-14-13-18-17-9-5-6-10-19(17)22-20(18)21-16-8-4-3-7-15(16)11-12-23(14,21)2/h3-10,14,21-22H,11-13H2,1-2H3/q+1/t14-,21?,23?/m0/s1. The zero-order valence-electron chi connectivity index (χ0n) is 13.8. The molecule has 0 aliphatic carbocycles. The molecule has 0 saturated heterocycles.